The Morgan fingerprint density at radius 3 is 2.78 bits per heavy atom. The summed E-state index contributed by atoms with van der Waals surface area (Å²) >= 11 is 0. The van der Waals surface area contributed by atoms with E-state index in [4.69, 9.17) is 4.74 Å². The number of piperidine rings is 2. The summed E-state index contributed by atoms with van der Waals surface area (Å²) in [5.74, 6) is 0.0542. The third-order valence-corrected chi connectivity index (χ3v) is 5.30. The lowest BCUT2D eigenvalue weighted by Crippen LogP contribution is -2.41. The van der Waals surface area contributed by atoms with Gasteiger partial charge in [-0.15, -0.1) is 12.4 Å². The molecule has 2 saturated heterocycles. The maximum absolute atomic E-state index is 12.7. The van der Waals surface area contributed by atoms with Crippen LogP contribution in [0.1, 0.15) is 48.6 Å². The van der Waals surface area contributed by atoms with Crippen molar-refractivity contribution >= 4 is 18.3 Å². The van der Waals surface area contributed by atoms with Crippen molar-refractivity contribution < 1.29 is 9.53 Å². The lowest BCUT2D eigenvalue weighted by molar-refractivity contribution is 0.00616. The van der Waals surface area contributed by atoms with Gasteiger partial charge in [0, 0.05) is 32.4 Å². The van der Waals surface area contributed by atoms with Gasteiger partial charge in [0.25, 0.3) is 5.91 Å². The van der Waals surface area contributed by atoms with Crippen molar-refractivity contribution in [2.45, 2.75) is 44.2 Å². The minimum atomic E-state index is 0. The third-order valence-electron chi connectivity index (χ3n) is 5.30. The SMILES string of the molecule is CN(C)CCCOC1CCN(C(=O)c2ccn(C3CCCNC3)n2)CC1.Cl. The van der Waals surface area contributed by atoms with Crippen LogP contribution in [0.15, 0.2) is 12.3 Å². The molecule has 1 atom stereocenters. The van der Waals surface area contributed by atoms with E-state index in [1.807, 2.05) is 21.8 Å². The lowest BCUT2D eigenvalue weighted by atomic mass is 10.1. The molecule has 0 spiro atoms. The Balaban J connectivity index is 0.00000261. The molecule has 154 valence electrons. The number of likely N-dealkylation sites (tertiary alicyclic amines) is 1. The van der Waals surface area contributed by atoms with Crippen LogP contribution in [-0.4, -0.2) is 85.0 Å². The summed E-state index contributed by atoms with van der Waals surface area (Å²) in [6, 6.07) is 2.23. The largest absolute Gasteiger partial charge is 0.378 e. The molecule has 1 aromatic rings. The van der Waals surface area contributed by atoms with Gasteiger partial charge in [-0.3, -0.25) is 9.48 Å². The number of hydrogen-bond acceptors (Lipinski definition) is 5. The summed E-state index contributed by atoms with van der Waals surface area (Å²) < 4.78 is 7.92. The first kappa shape index (κ1) is 22.1. The Kier molecular flexibility index (Phi) is 9.02. The highest BCUT2D eigenvalue weighted by Crippen LogP contribution is 2.18. The molecule has 0 radical (unpaired) electrons. The third kappa shape index (κ3) is 6.45. The molecular formula is C19H34ClN5O2. The van der Waals surface area contributed by atoms with Crippen LogP contribution in [0.4, 0.5) is 0 Å². The fourth-order valence-electron chi connectivity index (χ4n) is 3.73. The first-order chi connectivity index (χ1) is 12.6. The van der Waals surface area contributed by atoms with Gasteiger partial charge >= 0.3 is 0 Å². The predicted molar refractivity (Wildman–Crippen MR) is 109 cm³/mol. The molecule has 8 heteroatoms. The van der Waals surface area contributed by atoms with Crippen LogP contribution >= 0.6 is 12.4 Å². The summed E-state index contributed by atoms with van der Waals surface area (Å²) in [5.41, 5.74) is 0.570. The molecule has 1 amide bonds. The van der Waals surface area contributed by atoms with E-state index in [1.54, 1.807) is 0 Å². The van der Waals surface area contributed by atoms with Crippen molar-refractivity contribution in [1.29, 1.82) is 0 Å². The number of hydrogen-bond donors (Lipinski definition) is 1. The number of ether oxygens (including phenoxy) is 1. The van der Waals surface area contributed by atoms with E-state index >= 15 is 0 Å². The van der Waals surface area contributed by atoms with Crippen LogP contribution in [0.2, 0.25) is 0 Å². The standard InChI is InChI=1S/C19H33N5O2.ClH/c1-22(2)10-4-14-26-17-6-11-23(12-7-17)19(25)18-8-13-24(21-18)16-5-3-9-20-15-16;/h8,13,16-17,20H,3-7,9-12,14-15H2,1-2H3;1H. The molecule has 3 heterocycles. The fourth-order valence-corrected chi connectivity index (χ4v) is 3.73. The summed E-state index contributed by atoms with van der Waals surface area (Å²) in [6.07, 6.45) is 7.41. The molecule has 2 fully saturated rings. The summed E-state index contributed by atoms with van der Waals surface area (Å²) in [4.78, 5) is 16.8. The van der Waals surface area contributed by atoms with E-state index in [-0.39, 0.29) is 24.4 Å². The van der Waals surface area contributed by atoms with Crippen LogP contribution in [-0.2, 0) is 4.74 Å². The minimum absolute atomic E-state index is 0. The zero-order valence-electron chi connectivity index (χ0n) is 16.6. The summed E-state index contributed by atoms with van der Waals surface area (Å²) in [7, 11) is 4.16. The molecule has 3 rings (SSSR count). The molecule has 2 aliphatic rings. The van der Waals surface area contributed by atoms with Crippen LogP contribution in [0, 0.1) is 0 Å². The quantitative estimate of drug-likeness (QED) is 0.708. The first-order valence-corrected chi connectivity index (χ1v) is 9.95. The maximum Gasteiger partial charge on any atom is 0.274 e. The Labute approximate surface area is 168 Å². The van der Waals surface area contributed by atoms with E-state index in [1.165, 1.54) is 0 Å². The molecule has 27 heavy (non-hydrogen) atoms. The highest BCUT2D eigenvalue weighted by atomic mass is 35.5. The van der Waals surface area contributed by atoms with Gasteiger partial charge in [0.15, 0.2) is 0 Å². The van der Waals surface area contributed by atoms with Crippen LogP contribution < -0.4 is 5.32 Å². The average Bonchev–Trinajstić information content (AvgIpc) is 3.16. The lowest BCUT2D eigenvalue weighted by Gasteiger charge is -2.31. The van der Waals surface area contributed by atoms with Gasteiger partial charge in [-0.1, -0.05) is 0 Å². The minimum Gasteiger partial charge on any atom is -0.378 e. The van der Waals surface area contributed by atoms with E-state index in [0.29, 0.717) is 11.7 Å². The van der Waals surface area contributed by atoms with Crippen molar-refractivity contribution in [2.75, 3.05) is 53.4 Å². The Bertz CT molecular complexity index is 566. The van der Waals surface area contributed by atoms with Crippen molar-refractivity contribution in [3.05, 3.63) is 18.0 Å². The summed E-state index contributed by atoms with van der Waals surface area (Å²) in [5, 5.41) is 7.95. The number of rotatable bonds is 7. The smallest absolute Gasteiger partial charge is 0.274 e. The fraction of sp³-hybridized carbons (Fsp3) is 0.789. The van der Waals surface area contributed by atoms with Crippen molar-refractivity contribution in [2.24, 2.45) is 0 Å². The number of amides is 1. The van der Waals surface area contributed by atoms with Crippen LogP contribution in [0.25, 0.3) is 0 Å². The van der Waals surface area contributed by atoms with Gasteiger partial charge in [0.05, 0.1) is 12.1 Å². The topological polar surface area (TPSA) is 62.6 Å². The Hall–Kier alpha value is -1.15. The van der Waals surface area contributed by atoms with Gasteiger partial charge in [-0.25, -0.2) is 0 Å². The van der Waals surface area contributed by atoms with E-state index in [9.17, 15) is 4.79 Å². The number of halogens is 1. The highest BCUT2D eigenvalue weighted by Gasteiger charge is 2.26. The van der Waals surface area contributed by atoms with Gasteiger partial charge in [-0.2, -0.15) is 5.10 Å². The molecular weight excluding hydrogens is 366 g/mol. The van der Waals surface area contributed by atoms with Gasteiger partial charge in [-0.05, 0) is 65.4 Å². The maximum atomic E-state index is 12.7. The van der Waals surface area contributed by atoms with E-state index < -0.39 is 0 Å². The molecule has 1 N–H and O–H groups in total. The molecule has 0 aromatic carbocycles. The van der Waals surface area contributed by atoms with Crippen LogP contribution in [0.5, 0.6) is 0 Å². The van der Waals surface area contributed by atoms with E-state index in [2.05, 4.69) is 29.4 Å². The van der Waals surface area contributed by atoms with Crippen molar-refractivity contribution in [3.8, 4) is 0 Å². The van der Waals surface area contributed by atoms with E-state index in [0.717, 1.165) is 71.4 Å². The number of carbonyl (C=O) groups excluding carboxylic acids is 1. The number of aromatic nitrogens is 2. The van der Waals surface area contributed by atoms with Gasteiger partial charge < -0.3 is 19.9 Å². The van der Waals surface area contributed by atoms with Crippen LogP contribution in [0.3, 0.4) is 0 Å². The zero-order chi connectivity index (χ0) is 18.4. The second kappa shape index (κ2) is 11.0. The second-order valence-corrected chi connectivity index (χ2v) is 7.70. The van der Waals surface area contributed by atoms with Crippen molar-refractivity contribution in [3.63, 3.8) is 0 Å². The molecule has 1 unspecified atom stereocenters. The monoisotopic (exact) mass is 399 g/mol. The van der Waals surface area contributed by atoms with Gasteiger partial charge in [0.1, 0.15) is 5.69 Å². The zero-order valence-corrected chi connectivity index (χ0v) is 17.4. The molecule has 0 bridgehead atoms. The molecule has 7 nitrogen and oxygen atoms in total. The number of nitrogens with zero attached hydrogens (tertiary/aromatic N) is 4. The summed E-state index contributed by atoms with van der Waals surface area (Å²) in [6.45, 7) is 5.39. The number of nitrogens with one attached hydrogen (secondary N) is 1. The molecule has 2 aliphatic heterocycles. The first-order valence-electron chi connectivity index (χ1n) is 9.95. The average molecular weight is 400 g/mol. The normalized spacial score (nSPS) is 21.3. The predicted octanol–water partition coefficient (Wildman–Crippen LogP) is 1.80. The molecule has 1 aromatic heterocycles. The number of carbonyl (C=O) groups is 1. The highest BCUT2D eigenvalue weighted by molar-refractivity contribution is 5.92. The van der Waals surface area contributed by atoms with Gasteiger partial charge in [0.2, 0.25) is 0 Å². The molecule has 0 aliphatic carbocycles. The molecule has 0 saturated carbocycles. The second-order valence-electron chi connectivity index (χ2n) is 7.70. The van der Waals surface area contributed by atoms with Crippen molar-refractivity contribution in [1.82, 2.24) is 24.9 Å². The Morgan fingerprint density at radius 1 is 1.33 bits per heavy atom. The Morgan fingerprint density at radius 2 is 2.11 bits per heavy atom.